The van der Waals surface area contributed by atoms with Crippen LogP contribution in [0, 0.1) is 5.82 Å². The maximum atomic E-state index is 14.2. The summed E-state index contributed by atoms with van der Waals surface area (Å²) in [5.74, 6) is -0.869. The van der Waals surface area contributed by atoms with Gasteiger partial charge in [0.1, 0.15) is 11.9 Å². The summed E-state index contributed by atoms with van der Waals surface area (Å²) >= 11 is 2.96. The van der Waals surface area contributed by atoms with Crippen LogP contribution in [-0.4, -0.2) is 30.2 Å². The van der Waals surface area contributed by atoms with Crippen LogP contribution in [-0.2, 0) is 16.0 Å². The summed E-state index contributed by atoms with van der Waals surface area (Å²) in [5, 5.41) is 5.12. The first-order valence-electron chi connectivity index (χ1n) is 12.0. The third kappa shape index (κ3) is 7.70. The summed E-state index contributed by atoms with van der Waals surface area (Å²) in [7, 11) is 0. The predicted molar refractivity (Wildman–Crippen MR) is 144 cm³/mol. The Hall–Kier alpha value is -2.12. The summed E-state index contributed by atoms with van der Waals surface area (Å²) in [6.45, 7) is 7.89. The molecule has 1 N–H and O–H groups in total. The molecular weight excluding hydrogens is 467 g/mol. The van der Waals surface area contributed by atoms with E-state index in [9.17, 15) is 14.0 Å². The fraction of sp³-hybridized carbons (Fsp3) is 0.481. The van der Waals surface area contributed by atoms with Gasteiger partial charge in [-0.15, -0.1) is 23.1 Å². The topological polar surface area (TPSA) is 49.4 Å². The second-order valence-corrected chi connectivity index (χ2v) is 10.2. The van der Waals surface area contributed by atoms with E-state index < -0.39 is 11.9 Å². The second-order valence-electron chi connectivity index (χ2n) is 8.31. The molecule has 1 aromatic heterocycles. The Morgan fingerprint density at radius 2 is 1.85 bits per heavy atom. The molecule has 1 aromatic carbocycles. The highest BCUT2D eigenvalue weighted by Crippen LogP contribution is 2.31. The zero-order chi connectivity index (χ0) is 25.1. The molecule has 7 heteroatoms. The fourth-order valence-corrected chi connectivity index (χ4v) is 5.72. The first-order valence-corrected chi connectivity index (χ1v) is 14.1. The van der Waals surface area contributed by atoms with Gasteiger partial charge in [-0.1, -0.05) is 50.8 Å². The van der Waals surface area contributed by atoms with Crippen molar-refractivity contribution >= 4 is 40.6 Å². The number of nitrogens with one attached hydrogen (secondary N) is 1. The van der Waals surface area contributed by atoms with Crippen LogP contribution >= 0.6 is 23.1 Å². The molecule has 1 saturated carbocycles. The number of amides is 2. The summed E-state index contributed by atoms with van der Waals surface area (Å²) in [6.07, 6.45) is 7.35. The van der Waals surface area contributed by atoms with Crippen LogP contribution in [0.15, 0.2) is 52.3 Å². The van der Waals surface area contributed by atoms with Crippen LogP contribution in [0.5, 0.6) is 0 Å². The number of hydrogen-bond acceptors (Lipinski definition) is 4. The van der Waals surface area contributed by atoms with Crippen LogP contribution in [0.4, 0.5) is 10.1 Å². The average molecular weight is 505 g/mol. The molecule has 0 bridgehead atoms. The van der Waals surface area contributed by atoms with Gasteiger partial charge in [0, 0.05) is 21.5 Å². The third-order valence-corrected chi connectivity index (χ3v) is 7.63. The zero-order valence-electron chi connectivity index (χ0n) is 20.9. The van der Waals surface area contributed by atoms with Crippen LogP contribution in [0.2, 0.25) is 0 Å². The monoisotopic (exact) mass is 504 g/mol. The molecule has 3 rings (SSSR count). The molecule has 34 heavy (non-hydrogen) atoms. The highest BCUT2D eigenvalue weighted by atomic mass is 32.2. The number of allylic oxidation sites excluding steroid dienone is 1. The quantitative estimate of drug-likeness (QED) is 0.423. The first kappa shape index (κ1) is 28.1. The van der Waals surface area contributed by atoms with E-state index in [2.05, 4.69) is 5.32 Å². The van der Waals surface area contributed by atoms with Crippen LogP contribution < -0.4 is 10.2 Å². The van der Waals surface area contributed by atoms with Gasteiger partial charge in [0.15, 0.2) is 0 Å². The molecule has 1 aliphatic rings. The molecule has 186 valence electrons. The number of anilines is 1. The van der Waals surface area contributed by atoms with Gasteiger partial charge in [-0.2, -0.15) is 0 Å². The van der Waals surface area contributed by atoms with Crippen molar-refractivity contribution in [1.29, 1.82) is 0 Å². The minimum Gasteiger partial charge on any atom is -0.351 e. The first-order chi connectivity index (χ1) is 16.4. The van der Waals surface area contributed by atoms with Crippen molar-refractivity contribution in [2.45, 2.75) is 78.3 Å². The van der Waals surface area contributed by atoms with E-state index >= 15 is 0 Å². The van der Waals surface area contributed by atoms with Crippen molar-refractivity contribution in [3.05, 3.63) is 63.0 Å². The molecule has 4 nitrogen and oxygen atoms in total. The predicted octanol–water partition coefficient (Wildman–Crippen LogP) is 6.96. The van der Waals surface area contributed by atoms with E-state index in [4.69, 9.17) is 0 Å². The molecule has 1 fully saturated rings. The van der Waals surface area contributed by atoms with Gasteiger partial charge in [-0.25, -0.2) is 4.39 Å². The molecule has 0 saturated heterocycles. The number of benzene rings is 1. The maximum Gasteiger partial charge on any atom is 0.248 e. The number of thioether (sulfide) groups is 1. The van der Waals surface area contributed by atoms with Gasteiger partial charge in [0.2, 0.25) is 11.8 Å². The lowest BCUT2D eigenvalue weighted by Crippen LogP contribution is -2.53. The molecule has 1 heterocycles. The number of carbonyl (C=O) groups is 2. The minimum atomic E-state index is -0.841. The third-order valence-electron chi connectivity index (χ3n) is 5.68. The Balaban J connectivity index is 0.00000199. The highest BCUT2D eigenvalue weighted by molar-refractivity contribution is 8.02. The van der Waals surface area contributed by atoms with E-state index in [0.717, 1.165) is 41.0 Å². The Kier molecular flexibility index (Phi) is 11.8. The number of nitrogens with zero attached hydrogens (tertiary/aromatic N) is 1. The molecule has 2 amide bonds. The molecule has 0 spiro atoms. The minimum absolute atomic E-state index is 0.112. The summed E-state index contributed by atoms with van der Waals surface area (Å²) < 4.78 is 14.2. The van der Waals surface area contributed by atoms with Gasteiger partial charge in [0.25, 0.3) is 0 Å². The van der Waals surface area contributed by atoms with Gasteiger partial charge in [0.05, 0.1) is 6.42 Å². The summed E-state index contributed by atoms with van der Waals surface area (Å²) in [4.78, 5) is 30.5. The Morgan fingerprint density at radius 1 is 1.15 bits per heavy atom. The Bertz CT molecular complexity index is 949. The SMILES string of the molecule is CC.CSC(=C(C)C)C(C(=O)NC1CCCCC1)N(C(=O)Cc1cccs1)c1cccc(F)c1. The van der Waals surface area contributed by atoms with Crippen LogP contribution in [0.25, 0.3) is 0 Å². The van der Waals surface area contributed by atoms with Crippen molar-refractivity contribution in [2.24, 2.45) is 0 Å². The van der Waals surface area contributed by atoms with Gasteiger partial charge in [-0.05, 0) is 62.6 Å². The number of rotatable bonds is 8. The van der Waals surface area contributed by atoms with Gasteiger partial charge in [-0.3, -0.25) is 14.5 Å². The average Bonchev–Trinajstić information content (AvgIpc) is 3.33. The molecule has 1 atom stereocenters. The van der Waals surface area contributed by atoms with Crippen molar-refractivity contribution in [3.63, 3.8) is 0 Å². The normalized spacial score (nSPS) is 14.4. The highest BCUT2D eigenvalue weighted by Gasteiger charge is 2.36. The largest absolute Gasteiger partial charge is 0.351 e. The van der Waals surface area contributed by atoms with E-state index in [1.165, 1.54) is 46.6 Å². The molecular formula is C27H37FN2O2S2. The van der Waals surface area contributed by atoms with E-state index in [1.807, 2.05) is 51.5 Å². The van der Waals surface area contributed by atoms with Gasteiger partial charge < -0.3 is 5.32 Å². The lowest BCUT2D eigenvalue weighted by atomic mass is 9.95. The lowest BCUT2D eigenvalue weighted by Gasteiger charge is -2.34. The number of halogens is 1. The summed E-state index contributed by atoms with van der Waals surface area (Å²) in [5.41, 5.74) is 1.36. The van der Waals surface area contributed by atoms with Crippen molar-refractivity contribution < 1.29 is 14.0 Å². The molecule has 0 aliphatic heterocycles. The van der Waals surface area contributed by atoms with Crippen molar-refractivity contribution in [1.82, 2.24) is 5.32 Å². The maximum absolute atomic E-state index is 14.2. The number of thiophene rings is 1. The fourth-order valence-electron chi connectivity index (χ4n) is 4.18. The lowest BCUT2D eigenvalue weighted by molar-refractivity contribution is -0.126. The Labute approximate surface area is 212 Å². The van der Waals surface area contributed by atoms with Crippen molar-refractivity contribution in [2.75, 3.05) is 11.2 Å². The van der Waals surface area contributed by atoms with E-state index in [1.54, 1.807) is 12.1 Å². The van der Waals surface area contributed by atoms with E-state index in [0.29, 0.717) is 5.69 Å². The molecule has 0 radical (unpaired) electrons. The summed E-state index contributed by atoms with van der Waals surface area (Å²) in [6, 6.07) is 9.02. The van der Waals surface area contributed by atoms with E-state index in [-0.39, 0.29) is 24.3 Å². The smallest absolute Gasteiger partial charge is 0.248 e. The molecule has 2 aromatic rings. The Morgan fingerprint density at radius 3 is 2.41 bits per heavy atom. The van der Waals surface area contributed by atoms with Crippen LogP contribution in [0.3, 0.4) is 0 Å². The van der Waals surface area contributed by atoms with Crippen LogP contribution in [0.1, 0.15) is 64.7 Å². The molecule has 1 unspecified atom stereocenters. The second kappa shape index (κ2) is 14.3. The molecule has 1 aliphatic carbocycles. The number of hydrogen-bond donors (Lipinski definition) is 1. The number of carbonyl (C=O) groups excluding carboxylic acids is 2. The van der Waals surface area contributed by atoms with Crippen molar-refractivity contribution in [3.8, 4) is 0 Å². The van der Waals surface area contributed by atoms with Gasteiger partial charge >= 0.3 is 0 Å². The standard InChI is InChI=1S/C25H31FN2O2S2.C2H6/c1-17(2)24(31-3)23(25(30)27-19-10-5-4-6-11-19)28(20-12-7-9-18(26)15-20)22(29)16-21-13-8-14-32-21;1-2/h7-9,12-15,19,23H,4-6,10-11,16H2,1-3H3,(H,27,30);1-2H3. The zero-order valence-corrected chi connectivity index (χ0v) is 22.5.